The van der Waals surface area contributed by atoms with Gasteiger partial charge in [-0.15, -0.1) is 11.3 Å². The maximum absolute atomic E-state index is 4.89. The fourth-order valence-corrected chi connectivity index (χ4v) is 5.07. The van der Waals surface area contributed by atoms with Crippen LogP contribution in [-0.4, -0.2) is 30.8 Å². The smallest absolute Gasteiger partial charge is 0.234 e. The van der Waals surface area contributed by atoms with Gasteiger partial charge in [-0.1, -0.05) is 12.1 Å². The molecule has 1 unspecified atom stereocenters. The molecule has 4 heterocycles. The summed E-state index contributed by atoms with van der Waals surface area (Å²) in [5.74, 6) is 0.799. The van der Waals surface area contributed by atoms with Crippen LogP contribution < -0.4 is 0 Å². The normalized spacial score (nSPS) is 18.3. The SMILES string of the molecule is Cc1cc(C)n2cc(CN3CCCC3c3nc4ccccc4s3)nc2n1. The number of benzene rings is 1. The molecule has 6 heteroatoms. The molecule has 5 rings (SSSR count). The van der Waals surface area contributed by atoms with E-state index >= 15 is 0 Å². The van der Waals surface area contributed by atoms with E-state index in [0.29, 0.717) is 6.04 Å². The van der Waals surface area contributed by atoms with Crippen LogP contribution in [0.15, 0.2) is 36.5 Å². The van der Waals surface area contributed by atoms with Crippen LogP contribution in [0.3, 0.4) is 0 Å². The third kappa shape index (κ3) is 2.70. The van der Waals surface area contributed by atoms with Gasteiger partial charge in [-0.2, -0.15) is 0 Å². The molecule has 26 heavy (non-hydrogen) atoms. The van der Waals surface area contributed by atoms with Crippen LogP contribution in [0.4, 0.5) is 0 Å². The first-order chi connectivity index (χ1) is 12.7. The van der Waals surface area contributed by atoms with Crippen LogP contribution in [0.1, 0.15) is 41.0 Å². The molecule has 1 aromatic carbocycles. The monoisotopic (exact) mass is 363 g/mol. The van der Waals surface area contributed by atoms with Crippen molar-refractivity contribution >= 4 is 27.3 Å². The fraction of sp³-hybridized carbons (Fsp3) is 0.350. The van der Waals surface area contributed by atoms with E-state index in [0.717, 1.165) is 35.8 Å². The Kier molecular flexibility index (Phi) is 3.76. The average molecular weight is 363 g/mol. The second-order valence-corrected chi connectivity index (χ2v) is 8.15. The molecule has 1 saturated heterocycles. The zero-order valence-electron chi connectivity index (χ0n) is 15.0. The Morgan fingerprint density at radius 1 is 1.15 bits per heavy atom. The topological polar surface area (TPSA) is 46.3 Å². The Morgan fingerprint density at radius 3 is 2.92 bits per heavy atom. The van der Waals surface area contributed by atoms with E-state index in [9.17, 15) is 0 Å². The summed E-state index contributed by atoms with van der Waals surface area (Å²) in [5.41, 5.74) is 4.39. The predicted molar refractivity (Wildman–Crippen MR) is 104 cm³/mol. The van der Waals surface area contributed by atoms with Gasteiger partial charge in [-0.25, -0.2) is 15.0 Å². The van der Waals surface area contributed by atoms with Crippen LogP contribution in [0.5, 0.6) is 0 Å². The molecule has 1 fully saturated rings. The van der Waals surface area contributed by atoms with E-state index in [2.05, 4.69) is 57.7 Å². The minimum absolute atomic E-state index is 0.396. The number of hydrogen-bond donors (Lipinski definition) is 0. The van der Waals surface area contributed by atoms with Gasteiger partial charge in [-0.05, 0) is 51.4 Å². The van der Waals surface area contributed by atoms with E-state index in [-0.39, 0.29) is 0 Å². The van der Waals surface area contributed by atoms with Crippen molar-refractivity contribution in [2.75, 3.05) is 6.54 Å². The van der Waals surface area contributed by atoms with Gasteiger partial charge in [0.25, 0.3) is 0 Å². The van der Waals surface area contributed by atoms with E-state index in [4.69, 9.17) is 9.97 Å². The molecule has 4 aromatic rings. The molecule has 0 aliphatic carbocycles. The number of rotatable bonds is 3. The third-order valence-electron chi connectivity index (χ3n) is 5.14. The molecule has 5 nitrogen and oxygen atoms in total. The van der Waals surface area contributed by atoms with Crippen molar-refractivity contribution in [1.29, 1.82) is 0 Å². The first-order valence-electron chi connectivity index (χ1n) is 9.09. The first kappa shape index (κ1) is 15.9. The minimum atomic E-state index is 0.396. The highest BCUT2D eigenvalue weighted by molar-refractivity contribution is 7.18. The van der Waals surface area contributed by atoms with Gasteiger partial charge >= 0.3 is 0 Å². The summed E-state index contributed by atoms with van der Waals surface area (Å²) in [7, 11) is 0. The highest BCUT2D eigenvalue weighted by atomic mass is 32.1. The van der Waals surface area contributed by atoms with Gasteiger partial charge < -0.3 is 0 Å². The summed E-state index contributed by atoms with van der Waals surface area (Å²) < 4.78 is 3.36. The van der Waals surface area contributed by atoms with Gasteiger partial charge in [0.05, 0.1) is 22.0 Å². The van der Waals surface area contributed by atoms with Crippen LogP contribution in [0.2, 0.25) is 0 Å². The van der Waals surface area contributed by atoms with Crippen LogP contribution in [-0.2, 0) is 6.54 Å². The standard InChI is InChI=1S/C20H21N5S/c1-13-10-14(2)25-12-15(22-20(25)21-13)11-24-9-5-7-17(24)19-23-16-6-3-4-8-18(16)26-19/h3-4,6,8,10,12,17H,5,7,9,11H2,1-2H3. The summed E-state index contributed by atoms with van der Waals surface area (Å²) in [6, 6.07) is 10.9. The number of para-hydroxylation sites is 1. The summed E-state index contributed by atoms with van der Waals surface area (Å²) in [6.45, 7) is 6.07. The second-order valence-electron chi connectivity index (χ2n) is 7.09. The summed E-state index contributed by atoms with van der Waals surface area (Å²) in [4.78, 5) is 16.7. The van der Waals surface area contributed by atoms with E-state index in [1.54, 1.807) is 0 Å². The lowest BCUT2D eigenvalue weighted by Crippen LogP contribution is -2.22. The second kappa shape index (κ2) is 6.14. The van der Waals surface area contributed by atoms with E-state index < -0.39 is 0 Å². The summed E-state index contributed by atoms with van der Waals surface area (Å²) in [5, 5.41) is 1.23. The lowest BCUT2D eigenvalue weighted by molar-refractivity contribution is 0.246. The molecule has 132 valence electrons. The Hall–Kier alpha value is -2.31. The molecular formula is C20H21N5S. The zero-order valence-corrected chi connectivity index (χ0v) is 15.8. The van der Waals surface area contributed by atoms with Crippen LogP contribution in [0, 0.1) is 13.8 Å². The highest BCUT2D eigenvalue weighted by Crippen LogP contribution is 2.37. The lowest BCUT2D eigenvalue weighted by Gasteiger charge is -2.21. The van der Waals surface area contributed by atoms with Gasteiger partial charge in [0, 0.05) is 24.1 Å². The Labute approximate surface area is 156 Å². The van der Waals surface area contributed by atoms with Crippen molar-refractivity contribution in [3.05, 3.63) is 58.6 Å². The maximum atomic E-state index is 4.89. The van der Waals surface area contributed by atoms with Crippen molar-refractivity contribution in [2.24, 2.45) is 0 Å². The Morgan fingerprint density at radius 2 is 2.04 bits per heavy atom. The number of thiazole rings is 1. The predicted octanol–water partition coefficient (Wildman–Crippen LogP) is 4.29. The largest absolute Gasteiger partial charge is 0.288 e. The molecule has 0 radical (unpaired) electrons. The van der Waals surface area contributed by atoms with Crippen molar-refractivity contribution in [2.45, 2.75) is 39.3 Å². The van der Waals surface area contributed by atoms with Gasteiger partial charge in [0.1, 0.15) is 5.01 Å². The molecule has 1 aliphatic heterocycles. The first-order valence-corrected chi connectivity index (χ1v) is 9.91. The summed E-state index contributed by atoms with van der Waals surface area (Å²) in [6.07, 6.45) is 4.51. The van der Waals surface area contributed by atoms with Crippen LogP contribution >= 0.6 is 11.3 Å². The quantitative estimate of drug-likeness (QED) is 0.545. The third-order valence-corrected chi connectivity index (χ3v) is 6.27. The Balaban J connectivity index is 1.45. The molecule has 0 saturated carbocycles. The van der Waals surface area contributed by atoms with E-state index in [1.165, 1.54) is 28.2 Å². The molecule has 1 aliphatic rings. The number of imidazole rings is 1. The number of fused-ring (bicyclic) bond motifs is 2. The molecule has 0 bridgehead atoms. The van der Waals surface area contributed by atoms with Gasteiger partial charge in [0.15, 0.2) is 0 Å². The molecule has 0 spiro atoms. The van der Waals surface area contributed by atoms with Crippen LogP contribution in [0.25, 0.3) is 16.0 Å². The number of aromatic nitrogens is 4. The maximum Gasteiger partial charge on any atom is 0.234 e. The van der Waals surface area contributed by atoms with Crippen molar-refractivity contribution < 1.29 is 0 Å². The van der Waals surface area contributed by atoms with Crippen molar-refractivity contribution in [3.63, 3.8) is 0 Å². The van der Waals surface area contributed by atoms with Crippen molar-refractivity contribution in [1.82, 2.24) is 24.3 Å². The molecule has 3 aromatic heterocycles. The molecular weight excluding hydrogens is 342 g/mol. The number of hydrogen-bond acceptors (Lipinski definition) is 5. The van der Waals surface area contributed by atoms with E-state index in [1.807, 2.05) is 18.3 Å². The average Bonchev–Trinajstić information content (AvgIpc) is 3.31. The zero-order chi connectivity index (χ0) is 17.7. The number of aryl methyl sites for hydroxylation is 2. The van der Waals surface area contributed by atoms with Gasteiger partial charge in [0.2, 0.25) is 5.78 Å². The highest BCUT2D eigenvalue weighted by Gasteiger charge is 2.29. The number of likely N-dealkylation sites (tertiary alicyclic amines) is 1. The fourth-order valence-electron chi connectivity index (χ4n) is 3.93. The Bertz CT molecular complexity index is 1060. The molecule has 1 atom stereocenters. The molecule has 0 amide bonds. The lowest BCUT2D eigenvalue weighted by atomic mass is 10.2. The molecule has 0 N–H and O–H groups in total. The number of nitrogens with zero attached hydrogens (tertiary/aromatic N) is 5. The summed E-state index contributed by atoms with van der Waals surface area (Å²) >= 11 is 1.83. The van der Waals surface area contributed by atoms with Gasteiger partial charge in [-0.3, -0.25) is 9.30 Å². The van der Waals surface area contributed by atoms with Crippen molar-refractivity contribution in [3.8, 4) is 0 Å². The minimum Gasteiger partial charge on any atom is -0.288 e.